The molecular weight excluding hydrogens is 436 g/mol. The Morgan fingerprint density at radius 3 is 2.75 bits per heavy atom. The molecule has 0 spiro atoms. The lowest BCUT2D eigenvalue weighted by molar-refractivity contribution is -0.120. The number of aromatic nitrogens is 4. The first-order chi connectivity index (χ1) is 13.1. The van der Waals surface area contributed by atoms with E-state index in [1.54, 1.807) is 13.8 Å². The maximum Gasteiger partial charge on any atom is 0.291 e. The minimum Gasteiger partial charge on any atom is -0.374 e. The van der Waals surface area contributed by atoms with Gasteiger partial charge in [-0.05, 0) is 26.0 Å². The standard InChI is InChI=1S/C15H14ClF2N5O3S2/c1-7-15(2,6-26-7)22-28(24,25)8-3-10(16)9-5-19-23(11(9)4-8)14-21-20-13(27-14)12(17)18/h3-5,7,12,22H,6H2,1-2H3. The highest BCUT2D eigenvalue weighted by molar-refractivity contribution is 7.89. The summed E-state index contributed by atoms with van der Waals surface area (Å²) in [5.41, 5.74) is -0.417. The SMILES string of the molecule is CC1OCC1(C)NS(=O)(=O)c1cc(Cl)c2cnn(-c3nnc(C(F)F)s3)c2c1. The number of hydrogen-bond acceptors (Lipinski definition) is 7. The summed E-state index contributed by atoms with van der Waals surface area (Å²) in [5.74, 6) is 0. The topological polar surface area (TPSA) is 99.0 Å². The molecule has 0 radical (unpaired) electrons. The van der Waals surface area contributed by atoms with Crippen LogP contribution in [0.3, 0.4) is 0 Å². The van der Waals surface area contributed by atoms with E-state index < -0.39 is 27.0 Å². The van der Waals surface area contributed by atoms with E-state index in [2.05, 4.69) is 20.0 Å². The number of alkyl halides is 2. The van der Waals surface area contributed by atoms with Crippen LogP contribution in [0.5, 0.6) is 0 Å². The Labute approximate surface area is 167 Å². The van der Waals surface area contributed by atoms with Gasteiger partial charge < -0.3 is 4.74 Å². The van der Waals surface area contributed by atoms with Gasteiger partial charge >= 0.3 is 0 Å². The predicted octanol–water partition coefficient (Wildman–Crippen LogP) is 2.92. The summed E-state index contributed by atoms with van der Waals surface area (Å²) >= 11 is 6.91. The number of sulfonamides is 1. The first-order valence-corrected chi connectivity index (χ1v) is 10.7. The van der Waals surface area contributed by atoms with Crippen LogP contribution in [0.15, 0.2) is 23.2 Å². The van der Waals surface area contributed by atoms with Crippen molar-refractivity contribution < 1.29 is 21.9 Å². The van der Waals surface area contributed by atoms with Gasteiger partial charge in [-0.2, -0.15) is 5.10 Å². The number of nitrogens with one attached hydrogen (secondary N) is 1. The van der Waals surface area contributed by atoms with Gasteiger partial charge in [-0.3, -0.25) is 0 Å². The Bertz CT molecular complexity index is 1170. The molecule has 1 aliphatic rings. The van der Waals surface area contributed by atoms with Gasteiger partial charge in [-0.15, -0.1) is 10.2 Å². The second-order valence-corrected chi connectivity index (χ2v) is 9.67. The second-order valence-electron chi connectivity index (χ2n) is 6.59. The molecule has 2 unspecified atom stereocenters. The van der Waals surface area contributed by atoms with Gasteiger partial charge in [0.25, 0.3) is 6.43 Å². The van der Waals surface area contributed by atoms with Crippen molar-refractivity contribution in [1.29, 1.82) is 0 Å². The maximum atomic E-state index is 12.9. The van der Waals surface area contributed by atoms with Crippen molar-refractivity contribution in [1.82, 2.24) is 24.7 Å². The molecule has 4 rings (SSSR count). The fourth-order valence-corrected chi connectivity index (χ4v) is 5.24. The molecule has 0 bridgehead atoms. The summed E-state index contributed by atoms with van der Waals surface area (Å²) < 4.78 is 60.5. The highest BCUT2D eigenvalue weighted by Gasteiger charge is 2.44. The number of fused-ring (bicyclic) bond motifs is 1. The second kappa shape index (κ2) is 6.66. The molecule has 0 amide bonds. The largest absolute Gasteiger partial charge is 0.374 e. The third kappa shape index (κ3) is 3.18. The van der Waals surface area contributed by atoms with Crippen molar-refractivity contribution in [2.75, 3.05) is 6.61 Å². The van der Waals surface area contributed by atoms with Gasteiger partial charge in [-0.1, -0.05) is 22.9 Å². The fraction of sp³-hybridized carbons (Fsp3) is 0.400. The monoisotopic (exact) mass is 449 g/mol. The molecule has 2 aromatic heterocycles. The van der Waals surface area contributed by atoms with Crippen molar-refractivity contribution in [3.05, 3.63) is 28.4 Å². The van der Waals surface area contributed by atoms with E-state index in [9.17, 15) is 17.2 Å². The molecule has 8 nitrogen and oxygen atoms in total. The van der Waals surface area contributed by atoms with Crippen LogP contribution in [0, 0.1) is 0 Å². The third-order valence-corrected chi connectivity index (χ3v) is 7.43. The quantitative estimate of drug-likeness (QED) is 0.643. The third-order valence-electron chi connectivity index (χ3n) is 4.62. The number of nitrogens with zero attached hydrogens (tertiary/aromatic N) is 4. The van der Waals surface area contributed by atoms with Gasteiger partial charge in [0.1, 0.15) is 0 Å². The van der Waals surface area contributed by atoms with Crippen molar-refractivity contribution in [2.24, 2.45) is 0 Å². The summed E-state index contributed by atoms with van der Waals surface area (Å²) in [7, 11) is -3.92. The molecule has 1 aromatic carbocycles. The summed E-state index contributed by atoms with van der Waals surface area (Å²) in [6.45, 7) is 3.77. The van der Waals surface area contributed by atoms with Crippen LogP contribution in [-0.2, 0) is 14.8 Å². The predicted molar refractivity (Wildman–Crippen MR) is 98.6 cm³/mol. The van der Waals surface area contributed by atoms with Crippen LogP contribution in [0.4, 0.5) is 8.78 Å². The molecular formula is C15H14ClF2N5O3S2. The first kappa shape index (κ1) is 19.6. The van der Waals surface area contributed by atoms with E-state index in [1.807, 2.05) is 0 Å². The van der Waals surface area contributed by atoms with E-state index in [0.29, 0.717) is 22.2 Å². The Hall–Kier alpha value is -1.73. The molecule has 1 fully saturated rings. The average molecular weight is 450 g/mol. The van der Waals surface area contributed by atoms with Crippen LogP contribution in [0.1, 0.15) is 25.3 Å². The van der Waals surface area contributed by atoms with Crippen LogP contribution >= 0.6 is 22.9 Å². The summed E-state index contributed by atoms with van der Waals surface area (Å²) in [6.07, 6.45) is -1.63. The van der Waals surface area contributed by atoms with Crippen molar-refractivity contribution in [3.8, 4) is 5.13 Å². The number of rotatable bonds is 5. The molecule has 0 aliphatic carbocycles. The van der Waals surface area contributed by atoms with E-state index in [-0.39, 0.29) is 27.8 Å². The van der Waals surface area contributed by atoms with Crippen LogP contribution < -0.4 is 4.72 Å². The fourth-order valence-electron chi connectivity index (χ4n) is 2.75. The minimum absolute atomic E-state index is 0.0781. The lowest BCUT2D eigenvalue weighted by Crippen LogP contribution is -2.65. The van der Waals surface area contributed by atoms with Crippen LogP contribution in [-0.4, -0.2) is 46.6 Å². The van der Waals surface area contributed by atoms with Crippen LogP contribution in [0.25, 0.3) is 16.0 Å². The molecule has 1 aliphatic heterocycles. The molecule has 13 heteroatoms. The first-order valence-electron chi connectivity index (χ1n) is 8.05. The molecule has 0 saturated carbocycles. The smallest absolute Gasteiger partial charge is 0.291 e. The molecule has 1 N–H and O–H groups in total. The van der Waals surface area contributed by atoms with Gasteiger partial charge in [0.2, 0.25) is 15.2 Å². The zero-order chi connectivity index (χ0) is 20.3. The van der Waals surface area contributed by atoms with E-state index >= 15 is 0 Å². The van der Waals surface area contributed by atoms with Gasteiger partial charge in [0, 0.05) is 5.39 Å². The van der Waals surface area contributed by atoms with Crippen molar-refractivity contribution in [2.45, 2.75) is 36.8 Å². The maximum absolute atomic E-state index is 12.9. The average Bonchev–Trinajstić information content (AvgIpc) is 3.26. The highest BCUT2D eigenvalue weighted by Crippen LogP contribution is 2.33. The number of ether oxygens (including phenoxy) is 1. The Morgan fingerprint density at radius 2 is 2.18 bits per heavy atom. The normalized spacial score (nSPS) is 22.7. The summed E-state index contributed by atoms with van der Waals surface area (Å²) in [5, 5.41) is 11.5. The number of halogens is 3. The van der Waals surface area contributed by atoms with E-state index in [1.165, 1.54) is 23.0 Å². The summed E-state index contributed by atoms with van der Waals surface area (Å²) in [4.78, 5) is -0.0781. The molecule has 1 saturated heterocycles. The summed E-state index contributed by atoms with van der Waals surface area (Å²) in [6, 6.07) is 2.68. The van der Waals surface area contributed by atoms with Gasteiger partial charge in [0.05, 0.1) is 39.9 Å². The van der Waals surface area contributed by atoms with Crippen LogP contribution in [0.2, 0.25) is 5.02 Å². The zero-order valence-electron chi connectivity index (χ0n) is 14.6. The molecule has 150 valence electrons. The van der Waals surface area contributed by atoms with Crippen molar-refractivity contribution in [3.63, 3.8) is 0 Å². The zero-order valence-corrected chi connectivity index (χ0v) is 16.9. The Balaban J connectivity index is 1.78. The van der Waals surface area contributed by atoms with Gasteiger partial charge in [-0.25, -0.2) is 26.6 Å². The highest BCUT2D eigenvalue weighted by atomic mass is 35.5. The lowest BCUT2D eigenvalue weighted by Gasteiger charge is -2.44. The van der Waals surface area contributed by atoms with E-state index in [4.69, 9.17) is 16.3 Å². The number of hydrogen-bond donors (Lipinski definition) is 1. The molecule has 28 heavy (non-hydrogen) atoms. The van der Waals surface area contributed by atoms with E-state index in [0.717, 1.165) is 0 Å². The Kier molecular flexibility index (Phi) is 4.66. The number of benzene rings is 1. The lowest BCUT2D eigenvalue weighted by atomic mass is 9.93. The Morgan fingerprint density at radius 1 is 1.43 bits per heavy atom. The minimum atomic E-state index is -3.92. The van der Waals surface area contributed by atoms with Crippen molar-refractivity contribution >= 4 is 43.9 Å². The molecule has 3 heterocycles. The molecule has 2 atom stereocenters. The molecule has 3 aromatic rings. The van der Waals surface area contributed by atoms with Gasteiger partial charge in [0.15, 0.2) is 5.01 Å².